The van der Waals surface area contributed by atoms with E-state index in [1.165, 1.54) is 64.4 Å². The van der Waals surface area contributed by atoms with E-state index in [1.807, 2.05) is 11.3 Å². The molecule has 2 aliphatic rings. The predicted molar refractivity (Wildman–Crippen MR) is 182 cm³/mol. The molecule has 2 fully saturated rings. The van der Waals surface area contributed by atoms with Crippen LogP contribution in [0.5, 0.6) is 0 Å². The molecule has 0 bridgehead atoms. The maximum atomic E-state index is 4.00. The van der Waals surface area contributed by atoms with Crippen LogP contribution in [0.1, 0.15) is 35.2 Å². The van der Waals surface area contributed by atoms with Crippen LogP contribution in [-0.4, -0.2) is 14.6 Å². The number of hydrazine groups is 1. The van der Waals surface area contributed by atoms with Gasteiger partial charge in [-0.3, -0.25) is 5.32 Å². The Morgan fingerprint density at radius 3 is 1.95 bits per heavy atom. The van der Waals surface area contributed by atoms with Gasteiger partial charge in [-0.1, -0.05) is 115 Å². The molecule has 5 heteroatoms. The fourth-order valence-electron chi connectivity index (χ4n) is 7.45. The van der Waals surface area contributed by atoms with Gasteiger partial charge in [0.25, 0.3) is 0 Å². The molecule has 0 spiro atoms. The third-order valence-corrected chi connectivity index (χ3v) is 10.6. The van der Waals surface area contributed by atoms with Crippen LogP contribution in [0.15, 0.2) is 146 Å². The third-order valence-electron chi connectivity index (χ3n) is 9.40. The van der Waals surface area contributed by atoms with Crippen molar-refractivity contribution in [2.75, 3.05) is 0 Å². The van der Waals surface area contributed by atoms with Crippen LogP contribution in [-0.2, 0) is 0 Å². The molecule has 6 aromatic carbocycles. The van der Waals surface area contributed by atoms with E-state index in [0.29, 0.717) is 0 Å². The highest BCUT2D eigenvalue weighted by atomic mass is 32.1. The van der Waals surface area contributed by atoms with Crippen molar-refractivity contribution in [1.29, 1.82) is 0 Å². The van der Waals surface area contributed by atoms with Gasteiger partial charge in [0.05, 0.1) is 11.0 Å². The quantitative estimate of drug-likeness (QED) is 0.208. The smallest absolute Gasteiger partial charge is 0.119 e. The zero-order valence-corrected chi connectivity index (χ0v) is 24.7. The topological polar surface area (TPSA) is 23.0 Å². The fourth-order valence-corrected chi connectivity index (χ4v) is 8.70. The van der Waals surface area contributed by atoms with Crippen LogP contribution >= 0.6 is 11.3 Å². The van der Waals surface area contributed by atoms with Crippen LogP contribution in [0.25, 0.3) is 47.7 Å². The molecular formula is C39H28N4S. The Hall–Kier alpha value is -4.78. The lowest BCUT2D eigenvalue weighted by atomic mass is 10.0. The Morgan fingerprint density at radius 2 is 1.16 bits per heavy atom. The van der Waals surface area contributed by atoms with Crippen molar-refractivity contribution >= 4 is 53.3 Å². The van der Waals surface area contributed by atoms with Crippen molar-refractivity contribution in [2.24, 2.45) is 0 Å². The molecule has 0 amide bonds. The Morgan fingerprint density at radius 1 is 0.500 bits per heavy atom. The van der Waals surface area contributed by atoms with E-state index in [9.17, 15) is 0 Å². The molecule has 4 heterocycles. The molecule has 210 valence electrons. The number of para-hydroxylation sites is 2. The van der Waals surface area contributed by atoms with Gasteiger partial charge in [-0.2, -0.15) is 10.0 Å². The monoisotopic (exact) mass is 584 g/mol. The second kappa shape index (κ2) is 9.36. The van der Waals surface area contributed by atoms with Crippen LogP contribution < -0.4 is 5.32 Å². The molecule has 0 radical (unpaired) electrons. The van der Waals surface area contributed by atoms with Crippen molar-refractivity contribution in [3.05, 3.63) is 162 Å². The summed E-state index contributed by atoms with van der Waals surface area (Å²) in [5.74, 6) is 0. The van der Waals surface area contributed by atoms with Crippen molar-refractivity contribution in [1.82, 2.24) is 19.9 Å². The molecule has 4 nitrogen and oxygen atoms in total. The summed E-state index contributed by atoms with van der Waals surface area (Å²) in [6.07, 6.45) is 0.448. The summed E-state index contributed by atoms with van der Waals surface area (Å²) in [4.78, 5) is 0. The molecule has 44 heavy (non-hydrogen) atoms. The fraction of sp³-hybridized carbons (Fsp3) is 0.0769. The van der Waals surface area contributed by atoms with Gasteiger partial charge in [-0.05, 0) is 41.5 Å². The number of thiophene rings is 1. The minimum absolute atomic E-state index is 0.0792. The summed E-state index contributed by atoms with van der Waals surface area (Å²) in [5, 5.41) is 14.3. The first kappa shape index (κ1) is 24.6. The van der Waals surface area contributed by atoms with E-state index in [-0.39, 0.29) is 18.5 Å². The van der Waals surface area contributed by atoms with E-state index in [4.69, 9.17) is 0 Å². The molecule has 2 aromatic heterocycles. The van der Waals surface area contributed by atoms with Gasteiger partial charge in [0.1, 0.15) is 18.5 Å². The van der Waals surface area contributed by atoms with Crippen molar-refractivity contribution in [2.45, 2.75) is 18.5 Å². The molecular weight excluding hydrogens is 557 g/mol. The second-order valence-corrected chi connectivity index (χ2v) is 12.9. The van der Waals surface area contributed by atoms with Gasteiger partial charge >= 0.3 is 0 Å². The van der Waals surface area contributed by atoms with Gasteiger partial charge in [0, 0.05) is 42.2 Å². The zero-order valence-electron chi connectivity index (χ0n) is 23.8. The number of benzene rings is 6. The Balaban J connectivity index is 1.16. The van der Waals surface area contributed by atoms with Crippen LogP contribution in [0.3, 0.4) is 0 Å². The number of aromatic nitrogens is 1. The summed E-state index contributed by atoms with van der Waals surface area (Å²) in [6.45, 7) is 0. The number of nitrogens with zero attached hydrogens (tertiary/aromatic N) is 3. The summed E-state index contributed by atoms with van der Waals surface area (Å²) in [7, 11) is 0. The first-order chi connectivity index (χ1) is 21.8. The van der Waals surface area contributed by atoms with Gasteiger partial charge in [-0.25, -0.2) is 0 Å². The normalized spacial score (nSPS) is 22.7. The lowest BCUT2D eigenvalue weighted by Gasteiger charge is -2.21. The van der Waals surface area contributed by atoms with Crippen molar-refractivity contribution in [3.8, 4) is 5.69 Å². The number of nitrogens with one attached hydrogen (secondary N) is 1. The SMILES string of the molecule is c1ccc(C2NC(c3cccc4c3sc3cc5c(cc34)c3ccccc3n5-c3ccccc3)N3C(c4ccccc4)N23)cc1. The molecule has 5 atom stereocenters. The second-order valence-electron chi connectivity index (χ2n) is 11.8. The number of hydrogen-bond acceptors (Lipinski definition) is 4. The molecule has 5 unspecified atom stereocenters. The van der Waals surface area contributed by atoms with Crippen molar-refractivity contribution < 1.29 is 0 Å². The molecule has 2 aliphatic heterocycles. The maximum absolute atomic E-state index is 4.00. The van der Waals surface area contributed by atoms with E-state index < -0.39 is 0 Å². The van der Waals surface area contributed by atoms with Gasteiger partial charge in [0.15, 0.2) is 0 Å². The number of fused-ring (bicyclic) bond motifs is 7. The van der Waals surface area contributed by atoms with Gasteiger partial charge in [-0.15, -0.1) is 11.3 Å². The summed E-state index contributed by atoms with van der Waals surface area (Å²) in [5.41, 5.74) is 7.65. The maximum Gasteiger partial charge on any atom is 0.119 e. The largest absolute Gasteiger partial charge is 0.309 e. The first-order valence-corrected chi connectivity index (χ1v) is 16.0. The van der Waals surface area contributed by atoms with Crippen LogP contribution in [0, 0.1) is 0 Å². The molecule has 1 N–H and O–H groups in total. The Bertz CT molecular complexity index is 2340. The van der Waals surface area contributed by atoms with Crippen LogP contribution in [0.4, 0.5) is 0 Å². The summed E-state index contributed by atoms with van der Waals surface area (Å²) < 4.78 is 5.09. The highest BCUT2D eigenvalue weighted by Crippen LogP contribution is 2.58. The minimum Gasteiger partial charge on any atom is -0.309 e. The molecule has 10 rings (SSSR count). The summed E-state index contributed by atoms with van der Waals surface area (Å²) >= 11 is 1.92. The average Bonchev–Trinajstić information content (AvgIpc) is 3.35. The van der Waals surface area contributed by atoms with Crippen molar-refractivity contribution in [3.63, 3.8) is 0 Å². The minimum atomic E-state index is 0.0792. The van der Waals surface area contributed by atoms with E-state index >= 15 is 0 Å². The molecule has 0 aliphatic carbocycles. The van der Waals surface area contributed by atoms with Crippen LogP contribution in [0.2, 0.25) is 0 Å². The highest BCUT2D eigenvalue weighted by molar-refractivity contribution is 7.26. The van der Waals surface area contributed by atoms with Gasteiger partial charge in [0.2, 0.25) is 0 Å². The zero-order chi connectivity index (χ0) is 28.8. The molecule has 8 aromatic rings. The van der Waals surface area contributed by atoms with Gasteiger partial charge < -0.3 is 4.57 Å². The van der Waals surface area contributed by atoms with E-state index in [1.54, 1.807) is 0 Å². The third kappa shape index (κ3) is 3.49. The standard InChI is InChI=1S/C39H28N4S/c1-4-13-25(14-5-1)37-40-38(43-39(42(37)43)26-15-6-2-7-16-26)30-21-12-20-29-32-23-31-28-19-10-11-22-33(28)41(27-17-8-3-9-18-27)34(31)24-35(32)44-36(29)30/h1-24,37-40H. The Kier molecular flexibility index (Phi) is 5.24. The first-order valence-electron chi connectivity index (χ1n) is 15.2. The number of hydrogen-bond donors (Lipinski definition) is 1. The lowest BCUT2D eigenvalue weighted by molar-refractivity contribution is 0.315. The highest BCUT2D eigenvalue weighted by Gasteiger charge is 2.60. The van der Waals surface area contributed by atoms with E-state index in [2.05, 4.69) is 165 Å². The molecule has 0 saturated carbocycles. The average molecular weight is 585 g/mol. The lowest BCUT2D eigenvalue weighted by Crippen LogP contribution is -2.27. The Labute approximate surface area is 259 Å². The predicted octanol–water partition coefficient (Wildman–Crippen LogP) is 9.68. The van der Waals surface area contributed by atoms with E-state index in [0.717, 1.165) is 0 Å². The summed E-state index contributed by atoms with van der Waals surface area (Å²) in [6, 6.07) is 53.0. The number of rotatable bonds is 4. The molecule has 2 saturated heterocycles.